The zero-order valence-electron chi connectivity index (χ0n) is 10.1. The highest BCUT2D eigenvalue weighted by molar-refractivity contribution is 6.18. The van der Waals surface area contributed by atoms with Gasteiger partial charge in [0.1, 0.15) is 0 Å². The molecular formula is C10H12ClF2N3O3. The summed E-state index contributed by atoms with van der Waals surface area (Å²) in [5.41, 5.74) is -0.0301. The number of hydrogen-bond acceptors (Lipinski definition) is 3. The maximum Gasteiger partial charge on any atom is 0.323 e. The SMILES string of the molecule is Cn1c(C(=O)N(CCCl)CC(F)F)ccc1[N+](=O)[O-]. The summed E-state index contributed by atoms with van der Waals surface area (Å²) in [5.74, 6) is -0.992. The van der Waals surface area contributed by atoms with Crippen LogP contribution in [-0.4, -0.2) is 45.7 Å². The fourth-order valence-electron chi connectivity index (χ4n) is 1.60. The van der Waals surface area contributed by atoms with Crippen LogP contribution in [0.1, 0.15) is 10.5 Å². The van der Waals surface area contributed by atoms with Gasteiger partial charge in [0.25, 0.3) is 12.3 Å². The average Bonchev–Trinajstić information content (AvgIpc) is 2.69. The summed E-state index contributed by atoms with van der Waals surface area (Å²) in [5, 5.41) is 10.6. The second-order valence-electron chi connectivity index (χ2n) is 3.72. The second kappa shape index (κ2) is 6.46. The second-order valence-corrected chi connectivity index (χ2v) is 4.10. The number of nitrogens with zero attached hydrogens (tertiary/aromatic N) is 3. The molecule has 0 radical (unpaired) electrons. The van der Waals surface area contributed by atoms with Crippen LogP contribution in [0.3, 0.4) is 0 Å². The van der Waals surface area contributed by atoms with E-state index in [4.69, 9.17) is 11.6 Å². The molecule has 1 heterocycles. The molecule has 0 saturated carbocycles. The van der Waals surface area contributed by atoms with Crippen LogP contribution in [-0.2, 0) is 7.05 Å². The van der Waals surface area contributed by atoms with Gasteiger partial charge in [-0.25, -0.2) is 13.3 Å². The predicted molar refractivity (Wildman–Crippen MR) is 64.7 cm³/mol. The molecule has 0 atom stereocenters. The molecule has 1 rings (SSSR count). The van der Waals surface area contributed by atoms with Gasteiger partial charge in [-0.15, -0.1) is 11.6 Å². The standard InChI is InChI=1S/C10H12ClF2N3O3/c1-14-7(2-3-9(14)16(18)19)10(17)15(5-4-11)6-8(12)13/h2-3,8H,4-6H2,1H3. The highest BCUT2D eigenvalue weighted by atomic mass is 35.5. The predicted octanol–water partition coefficient (Wildman–Crippen LogP) is 1.88. The Bertz CT molecular complexity index is 479. The molecule has 6 nitrogen and oxygen atoms in total. The Morgan fingerprint density at radius 1 is 1.58 bits per heavy atom. The smallest absolute Gasteiger partial charge is 0.323 e. The molecule has 19 heavy (non-hydrogen) atoms. The van der Waals surface area contributed by atoms with E-state index in [0.717, 1.165) is 15.5 Å². The molecule has 0 N–H and O–H groups in total. The topological polar surface area (TPSA) is 68.4 Å². The van der Waals surface area contributed by atoms with Crippen molar-refractivity contribution in [2.75, 3.05) is 19.0 Å². The number of rotatable bonds is 6. The summed E-state index contributed by atoms with van der Waals surface area (Å²) in [6.45, 7) is -0.811. The molecule has 9 heteroatoms. The maximum atomic E-state index is 12.4. The molecule has 1 aromatic rings. The third-order valence-electron chi connectivity index (χ3n) is 2.50. The van der Waals surface area contributed by atoms with Crippen LogP contribution >= 0.6 is 11.6 Å². The van der Waals surface area contributed by atoms with Crippen molar-refractivity contribution in [2.45, 2.75) is 6.43 Å². The van der Waals surface area contributed by atoms with Crippen molar-refractivity contribution in [1.29, 1.82) is 0 Å². The Kier molecular flexibility index (Phi) is 5.22. The van der Waals surface area contributed by atoms with E-state index in [1.165, 1.54) is 13.1 Å². The van der Waals surface area contributed by atoms with Gasteiger partial charge in [-0.2, -0.15) is 0 Å². The molecular weight excluding hydrogens is 284 g/mol. The monoisotopic (exact) mass is 295 g/mol. The molecule has 1 aromatic heterocycles. The lowest BCUT2D eigenvalue weighted by atomic mass is 10.3. The lowest BCUT2D eigenvalue weighted by Crippen LogP contribution is -2.37. The Hall–Kier alpha value is -1.70. The van der Waals surface area contributed by atoms with Crippen LogP contribution in [0.15, 0.2) is 12.1 Å². The third kappa shape index (κ3) is 3.63. The third-order valence-corrected chi connectivity index (χ3v) is 2.67. The van der Waals surface area contributed by atoms with E-state index < -0.39 is 23.8 Å². The van der Waals surface area contributed by atoms with Crippen molar-refractivity contribution < 1.29 is 18.5 Å². The van der Waals surface area contributed by atoms with E-state index in [1.54, 1.807) is 0 Å². The average molecular weight is 296 g/mol. The van der Waals surface area contributed by atoms with E-state index in [2.05, 4.69) is 0 Å². The van der Waals surface area contributed by atoms with Gasteiger partial charge in [0.15, 0.2) is 5.69 Å². The molecule has 106 valence electrons. The van der Waals surface area contributed by atoms with Gasteiger partial charge in [0.05, 0.1) is 13.6 Å². The van der Waals surface area contributed by atoms with Gasteiger partial charge >= 0.3 is 5.82 Å². The van der Waals surface area contributed by atoms with Crippen molar-refractivity contribution in [3.63, 3.8) is 0 Å². The number of aromatic nitrogens is 1. The van der Waals surface area contributed by atoms with Crippen LogP contribution in [0.5, 0.6) is 0 Å². The highest BCUT2D eigenvalue weighted by Gasteiger charge is 2.26. The van der Waals surface area contributed by atoms with Gasteiger partial charge in [-0.3, -0.25) is 4.79 Å². The maximum absolute atomic E-state index is 12.4. The molecule has 0 aromatic carbocycles. The van der Waals surface area contributed by atoms with E-state index in [1.807, 2.05) is 0 Å². The van der Waals surface area contributed by atoms with Crippen LogP contribution in [0, 0.1) is 10.1 Å². The van der Waals surface area contributed by atoms with Crippen LogP contribution in [0.2, 0.25) is 0 Å². The summed E-state index contributed by atoms with van der Waals surface area (Å²) >= 11 is 5.45. The summed E-state index contributed by atoms with van der Waals surface area (Å²) in [4.78, 5) is 22.9. The van der Waals surface area contributed by atoms with Crippen molar-refractivity contribution in [3.05, 3.63) is 27.9 Å². The van der Waals surface area contributed by atoms with Crippen molar-refractivity contribution in [1.82, 2.24) is 9.47 Å². The summed E-state index contributed by atoms with van der Waals surface area (Å²) < 4.78 is 25.8. The van der Waals surface area contributed by atoms with E-state index >= 15 is 0 Å². The number of carbonyl (C=O) groups excluding carboxylic acids is 1. The first-order chi connectivity index (χ1) is 8.88. The first kappa shape index (κ1) is 15.4. The Balaban J connectivity index is 2.99. The highest BCUT2D eigenvalue weighted by Crippen LogP contribution is 2.17. The molecule has 0 saturated heterocycles. The van der Waals surface area contributed by atoms with Gasteiger partial charge in [-0.1, -0.05) is 0 Å². The minimum atomic E-state index is -2.69. The lowest BCUT2D eigenvalue weighted by molar-refractivity contribution is -0.391. The molecule has 0 aliphatic carbocycles. The minimum absolute atomic E-state index is 0.00494. The summed E-state index contributed by atoms with van der Waals surface area (Å²) in [7, 11) is 1.33. The first-order valence-corrected chi connectivity index (χ1v) is 5.85. The number of alkyl halides is 3. The molecule has 0 bridgehead atoms. The van der Waals surface area contributed by atoms with E-state index in [0.29, 0.717) is 0 Å². The fraction of sp³-hybridized carbons (Fsp3) is 0.500. The normalized spacial score (nSPS) is 10.8. The fourth-order valence-corrected chi connectivity index (χ4v) is 1.81. The zero-order valence-corrected chi connectivity index (χ0v) is 10.8. The first-order valence-electron chi connectivity index (χ1n) is 5.32. The number of carbonyl (C=O) groups is 1. The van der Waals surface area contributed by atoms with E-state index in [-0.39, 0.29) is 23.9 Å². The number of hydrogen-bond donors (Lipinski definition) is 0. The van der Waals surface area contributed by atoms with Gasteiger partial charge in [-0.05, 0) is 11.0 Å². The van der Waals surface area contributed by atoms with Crippen molar-refractivity contribution in [2.24, 2.45) is 7.05 Å². The van der Waals surface area contributed by atoms with E-state index in [9.17, 15) is 23.7 Å². The number of halogens is 3. The van der Waals surface area contributed by atoms with Crippen molar-refractivity contribution in [3.8, 4) is 0 Å². The molecule has 0 spiro atoms. The lowest BCUT2D eigenvalue weighted by Gasteiger charge is -2.20. The number of amides is 1. The van der Waals surface area contributed by atoms with Gasteiger partial charge in [0, 0.05) is 18.5 Å². The van der Waals surface area contributed by atoms with Crippen LogP contribution in [0.25, 0.3) is 0 Å². The van der Waals surface area contributed by atoms with Gasteiger partial charge < -0.3 is 15.0 Å². The molecule has 0 unspecified atom stereocenters. The molecule has 1 amide bonds. The minimum Gasteiger partial charge on any atom is -0.358 e. The molecule has 0 aliphatic rings. The van der Waals surface area contributed by atoms with Crippen LogP contribution in [0.4, 0.5) is 14.6 Å². The quantitative estimate of drug-likeness (QED) is 0.457. The van der Waals surface area contributed by atoms with Crippen molar-refractivity contribution >= 4 is 23.3 Å². The summed E-state index contributed by atoms with van der Waals surface area (Å²) in [6.07, 6.45) is -2.69. The molecule has 0 fully saturated rings. The molecule has 0 aliphatic heterocycles. The largest absolute Gasteiger partial charge is 0.358 e. The Morgan fingerprint density at radius 3 is 2.63 bits per heavy atom. The Morgan fingerprint density at radius 2 is 2.21 bits per heavy atom. The zero-order chi connectivity index (χ0) is 14.6. The van der Waals surface area contributed by atoms with Crippen LogP contribution < -0.4 is 0 Å². The number of nitro groups is 1. The summed E-state index contributed by atoms with van der Waals surface area (Å²) in [6, 6.07) is 2.38. The van der Waals surface area contributed by atoms with Gasteiger partial charge in [0.2, 0.25) is 0 Å². The Labute approximate surface area is 112 Å².